The Hall–Kier alpha value is -3.41. The van der Waals surface area contributed by atoms with Gasteiger partial charge in [0.1, 0.15) is 0 Å². The molecule has 1 saturated heterocycles. The summed E-state index contributed by atoms with van der Waals surface area (Å²) in [6, 6.07) is 14.4. The SMILES string of the molecule is C=C1CC2COC(=O)C2(Cc2ccc(C(=O)N[C@H](C(=O)O)c3ccccc3)cc2)C1. The van der Waals surface area contributed by atoms with Crippen LogP contribution in [0.1, 0.15) is 40.4 Å². The van der Waals surface area contributed by atoms with Crippen LogP contribution in [0.5, 0.6) is 0 Å². The molecule has 3 atom stereocenters. The molecule has 2 aliphatic rings. The normalized spacial score (nSPS) is 23.5. The number of rotatable bonds is 6. The molecule has 1 heterocycles. The number of allylic oxidation sites excluding steroid dienone is 1. The highest BCUT2D eigenvalue weighted by Crippen LogP contribution is 2.52. The van der Waals surface area contributed by atoms with Crippen molar-refractivity contribution in [2.45, 2.75) is 25.3 Å². The number of carbonyl (C=O) groups excluding carboxylic acids is 2. The average molecular weight is 405 g/mol. The van der Waals surface area contributed by atoms with Crippen molar-refractivity contribution in [3.05, 3.63) is 83.4 Å². The summed E-state index contributed by atoms with van der Waals surface area (Å²) < 4.78 is 5.31. The number of hydrogen-bond acceptors (Lipinski definition) is 4. The van der Waals surface area contributed by atoms with Crippen LogP contribution in [-0.2, 0) is 20.7 Å². The van der Waals surface area contributed by atoms with E-state index in [0.29, 0.717) is 30.6 Å². The summed E-state index contributed by atoms with van der Waals surface area (Å²) in [6.07, 6.45) is 1.98. The van der Waals surface area contributed by atoms with E-state index in [9.17, 15) is 19.5 Å². The van der Waals surface area contributed by atoms with Gasteiger partial charge in [-0.15, -0.1) is 0 Å². The Labute approximate surface area is 174 Å². The quantitative estimate of drug-likeness (QED) is 0.568. The van der Waals surface area contributed by atoms with Gasteiger partial charge in [0.15, 0.2) is 6.04 Å². The minimum absolute atomic E-state index is 0.155. The van der Waals surface area contributed by atoms with E-state index in [-0.39, 0.29) is 11.9 Å². The van der Waals surface area contributed by atoms with Gasteiger partial charge >= 0.3 is 11.9 Å². The van der Waals surface area contributed by atoms with E-state index in [0.717, 1.165) is 17.6 Å². The molecule has 6 nitrogen and oxygen atoms in total. The molecule has 6 heteroatoms. The number of carboxylic acids is 1. The number of amides is 1. The van der Waals surface area contributed by atoms with Gasteiger partial charge in [0.2, 0.25) is 0 Å². The van der Waals surface area contributed by atoms with E-state index >= 15 is 0 Å². The Balaban J connectivity index is 1.48. The largest absolute Gasteiger partial charge is 0.479 e. The number of hydrogen-bond donors (Lipinski definition) is 2. The first-order chi connectivity index (χ1) is 14.4. The maximum Gasteiger partial charge on any atom is 0.330 e. The number of aliphatic carboxylic acids is 1. The van der Waals surface area contributed by atoms with Crippen LogP contribution in [0.15, 0.2) is 66.7 Å². The van der Waals surface area contributed by atoms with Crippen molar-refractivity contribution in [2.75, 3.05) is 6.61 Å². The fourth-order valence-electron chi connectivity index (χ4n) is 4.55. The van der Waals surface area contributed by atoms with Gasteiger partial charge in [-0.1, -0.05) is 54.6 Å². The fraction of sp³-hybridized carbons (Fsp3) is 0.292. The number of carboxylic acid groups (broad SMARTS) is 1. The van der Waals surface area contributed by atoms with Gasteiger partial charge in [-0.2, -0.15) is 0 Å². The van der Waals surface area contributed by atoms with Crippen LogP contribution >= 0.6 is 0 Å². The maximum absolute atomic E-state index is 12.6. The zero-order valence-corrected chi connectivity index (χ0v) is 16.5. The van der Waals surface area contributed by atoms with Gasteiger partial charge in [0, 0.05) is 11.5 Å². The first kappa shape index (κ1) is 19.9. The molecular formula is C24H23NO5. The highest BCUT2D eigenvalue weighted by molar-refractivity contribution is 5.96. The standard InChI is InChI=1S/C24H23NO5/c1-15-11-19-14-30-23(29)24(19,12-15)13-16-7-9-18(10-8-16)21(26)25-20(22(27)28)17-5-3-2-4-6-17/h2-10,19-20H,1,11-14H2,(H,25,26)(H,27,28)/t19?,20-,24?/m0/s1. The van der Waals surface area contributed by atoms with Crippen molar-refractivity contribution in [1.82, 2.24) is 5.32 Å². The summed E-state index contributed by atoms with van der Waals surface area (Å²) in [5.41, 5.74) is 2.32. The monoisotopic (exact) mass is 405 g/mol. The molecule has 30 heavy (non-hydrogen) atoms. The van der Waals surface area contributed by atoms with Crippen LogP contribution in [0.25, 0.3) is 0 Å². The van der Waals surface area contributed by atoms with Gasteiger partial charge < -0.3 is 15.2 Å². The second-order valence-corrected chi connectivity index (χ2v) is 8.11. The zero-order chi connectivity index (χ0) is 21.3. The molecule has 2 N–H and O–H groups in total. The average Bonchev–Trinajstić information content (AvgIpc) is 3.20. The van der Waals surface area contributed by atoms with Gasteiger partial charge in [-0.3, -0.25) is 9.59 Å². The maximum atomic E-state index is 12.6. The molecular weight excluding hydrogens is 382 g/mol. The van der Waals surface area contributed by atoms with E-state index in [4.69, 9.17) is 4.74 Å². The number of benzene rings is 2. The lowest BCUT2D eigenvalue weighted by atomic mass is 9.75. The molecule has 1 aliphatic carbocycles. The summed E-state index contributed by atoms with van der Waals surface area (Å²) in [7, 11) is 0. The van der Waals surface area contributed by atoms with Crippen molar-refractivity contribution in [3.8, 4) is 0 Å². The molecule has 4 rings (SSSR count). The minimum atomic E-state index is -1.13. The lowest BCUT2D eigenvalue weighted by molar-refractivity contribution is -0.146. The van der Waals surface area contributed by atoms with Crippen LogP contribution in [0.2, 0.25) is 0 Å². The van der Waals surface area contributed by atoms with Crippen molar-refractivity contribution >= 4 is 17.8 Å². The Kier molecular flexibility index (Phi) is 5.16. The molecule has 154 valence electrons. The highest BCUT2D eigenvalue weighted by atomic mass is 16.5. The fourth-order valence-corrected chi connectivity index (χ4v) is 4.55. The molecule has 2 fully saturated rings. The second-order valence-electron chi connectivity index (χ2n) is 8.11. The summed E-state index contributed by atoms with van der Waals surface area (Å²) in [5.74, 6) is -1.61. The van der Waals surface area contributed by atoms with Crippen LogP contribution < -0.4 is 5.32 Å². The number of ether oxygens (including phenoxy) is 1. The lowest BCUT2D eigenvalue weighted by Crippen LogP contribution is -2.33. The van der Waals surface area contributed by atoms with Crippen LogP contribution in [0, 0.1) is 11.3 Å². The zero-order valence-electron chi connectivity index (χ0n) is 16.5. The minimum Gasteiger partial charge on any atom is -0.479 e. The van der Waals surface area contributed by atoms with E-state index < -0.39 is 23.3 Å². The first-order valence-electron chi connectivity index (χ1n) is 9.90. The number of fused-ring (bicyclic) bond motifs is 1. The summed E-state index contributed by atoms with van der Waals surface area (Å²) >= 11 is 0. The number of carbonyl (C=O) groups is 3. The summed E-state index contributed by atoms with van der Waals surface area (Å²) in [4.78, 5) is 36.7. The first-order valence-corrected chi connectivity index (χ1v) is 9.90. The third-order valence-corrected chi connectivity index (χ3v) is 6.10. The molecule has 0 radical (unpaired) electrons. The third kappa shape index (κ3) is 3.61. The molecule has 0 bridgehead atoms. The van der Waals surface area contributed by atoms with Gasteiger partial charge in [0.25, 0.3) is 5.91 Å². The van der Waals surface area contributed by atoms with Crippen LogP contribution in [0.4, 0.5) is 0 Å². The Morgan fingerprint density at radius 3 is 2.53 bits per heavy atom. The number of cyclic esters (lactones) is 1. The molecule has 1 aliphatic heterocycles. The van der Waals surface area contributed by atoms with E-state index in [1.54, 1.807) is 42.5 Å². The molecule has 2 unspecified atom stereocenters. The highest BCUT2D eigenvalue weighted by Gasteiger charge is 2.55. The molecule has 0 spiro atoms. The van der Waals surface area contributed by atoms with E-state index in [2.05, 4.69) is 11.9 Å². The van der Waals surface area contributed by atoms with Crippen LogP contribution in [0.3, 0.4) is 0 Å². The predicted molar refractivity (Wildman–Crippen MR) is 110 cm³/mol. The second kappa shape index (κ2) is 7.78. The topological polar surface area (TPSA) is 92.7 Å². The lowest BCUT2D eigenvalue weighted by Gasteiger charge is -2.24. The molecule has 2 aromatic carbocycles. The molecule has 1 saturated carbocycles. The number of nitrogens with one attached hydrogen (secondary N) is 1. The Bertz CT molecular complexity index is 998. The van der Waals surface area contributed by atoms with Gasteiger partial charge in [-0.05, 0) is 42.5 Å². The van der Waals surface area contributed by atoms with Gasteiger partial charge in [-0.25, -0.2) is 4.79 Å². The molecule has 0 aromatic heterocycles. The van der Waals surface area contributed by atoms with Crippen molar-refractivity contribution < 1.29 is 24.2 Å². The van der Waals surface area contributed by atoms with Crippen LogP contribution in [-0.4, -0.2) is 29.6 Å². The Morgan fingerprint density at radius 1 is 1.17 bits per heavy atom. The van der Waals surface area contributed by atoms with E-state index in [1.807, 2.05) is 12.1 Å². The third-order valence-electron chi connectivity index (χ3n) is 6.10. The molecule has 1 amide bonds. The summed E-state index contributed by atoms with van der Waals surface area (Å²) in [6.45, 7) is 4.49. The van der Waals surface area contributed by atoms with Crippen molar-refractivity contribution in [2.24, 2.45) is 11.3 Å². The smallest absolute Gasteiger partial charge is 0.330 e. The summed E-state index contributed by atoms with van der Waals surface area (Å²) in [5, 5.41) is 12.1. The number of esters is 1. The van der Waals surface area contributed by atoms with E-state index in [1.165, 1.54) is 0 Å². The van der Waals surface area contributed by atoms with Crippen molar-refractivity contribution in [3.63, 3.8) is 0 Å². The molecule has 2 aromatic rings. The van der Waals surface area contributed by atoms with Crippen molar-refractivity contribution in [1.29, 1.82) is 0 Å². The Morgan fingerprint density at radius 2 is 1.87 bits per heavy atom. The predicted octanol–water partition coefficient (Wildman–Crippen LogP) is 3.29. The van der Waals surface area contributed by atoms with Gasteiger partial charge in [0.05, 0.1) is 12.0 Å².